The molecule has 0 aromatic heterocycles. The lowest BCUT2D eigenvalue weighted by molar-refractivity contribution is -0.148. The molecule has 0 radical (unpaired) electrons. The van der Waals surface area contributed by atoms with Crippen LogP contribution in [0.25, 0.3) is 0 Å². The van der Waals surface area contributed by atoms with E-state index in [0.717, 1.165) is 23.1 Å². The Bertz CT molecular complexity index is 1250. The van der Waals surface area contributed by atoms with Crippen molar-refractivity contribution in [1.82, 2.24) is 4.90 Å². The Hall–Kier alpha value is -3.61. The number of halogens is 7. The van der Waals surface area contributed by atoms with Gasteiger partial charge in [0.25, 0.3) is 0 Å². The molecule has 0 aliphatic carbocycles. The number of nitrogens with zero attached hydrogens (tertiary/aromatic N) is 1. The highest BCUT2D eigenvalue weighted by molar-refractivity contribution is 5.82. The summed E-state index contributed by atoms with van der Waals surface area (Å²) in [5.74, 6) is -2.29. The van der Waals surface area contributed by atoms with E-state index in [1.807, 2.05) is 0 Å². The summed E-state index contributed by atoms with van der Waals surface area (Å²) in [7, 11) is 0. The smallest absolute Gasteiger partial charge is 0.416 e. The SMILES string of the molecule is C[C@@H](O[C@H]1CN(C(=O)O)[C@@H](/C=C/C(=O)OC(C)(C)C)[C@@H]1c1ccc(F)cc1)c1cc(C(F)(F)F)cc(C(F)(F)F)c1. The van der Waals surface area contributed by atoms with Gasteiger partial charge >= 0.3 is 24.4 Å². The number of benzene rings is 2. The van der Waals surface area contributed by atoms with E-state index in [-0.39, 0.29) is 12.6 Å². The van der Waals surface area contributed by atoms with Crippen molar-refractivity contribution in [1.29, 1.82) is 0 Å². The Morgan fingerprint density at radius 1 is 0.976 bits per heavy atom. The third kappa shape index (κ3) is 8.21. The number of rotatable bonds is 6. The van der Waals surface area contributed by atoms with Crippen LogP contribution in [0, 0.1) is 5.82 Å². The topological polar surface area (TPSA) is 76.1 Å². The van der Waals surface area contributed by atoms with Crippen molar-refractivity contribution in [2.75, 3.05) is 6.54 Å². The molecule has 3 rings (SSSR count). The van der Waals surface area contributed by atoms with E-state index in [1.54, 1.807) is 20.8 Å². The molecule has 1 aliphatic heterocycles. The summed E-state index contributed by atoms with van der Waals surface area (Å²) >= 11 is 0. The maximum absolute atomic E-state index is 13.7. The first kappa shape index (κ1) is 31.9. The average Bonchev–Trinajstić information content (AvgIpc) is 3.19. The number of hydrogen-bond acceptors (Lipinski definition) is 4. The number of carboxylic acid groups (broad SMARTS) is 1. The molecule has 0 bridgehead atoms. The lowest BCUT2D eigenvalue weighted by atomic mass is 9.89. The predicted molar refractivity (Wildman–Crippen MR) is 132 cm³/mol. The van der Waals surface area contributed by atoms with Gasteiger partial charge in [0.15, 0.2) is 0 Å². The van der Waals surface area contributed by atoms with Crippen LogP contribution < -0.4 is 0 Å². The summed E-state index contributed by atoms with van der Waals surface area (Å²) in [5, 5.41) is 9.88. The standard InChI is InChI=1S/C28H28F7NO5/c1-15(17-11-18(27(30,31)32)13-19(12-17)28(33,34)35)40-22-14-36(25(38)39)21(9-10-23(37)41-26(2,3)4)24(22)16-5-7-20(29)8-6-16/h5-13,15,21-22,24H,14H2,1-4H3,(H,38,39)/b10-9+/t15-,21+,22+,24+/m1/s1. The van der Waals surface area contributed by atoms with Crippen LogP contribution in [0.5, 0.6) is 0 Å². The van der Waals surface area contributed by atoms with Crippen molar-refractivity contribution in [2.45, 2.75) is 69.8 Å². The minimum absolute atomic E-state index is 0.00321. The maximum Gasteiger partial charge on any atom is 0.416 e. The highest BCUT2D eigenvalue weighted by Gasteiger charge is 2.46. The summed E-state index contributed by atoms with van der Waals surface area (Å²) in [6, 6.07) is 4.92. The first-order chi connectivity index (χ1) is 18.8. The lowest BCUT2D eigenvalue weighted by Crippen LogP contribution is -2.35. The van der Waals surface area contributed by atoms with E-state index >= 15 is 0 Å². The molecule has 13 heteroatoms. The summed E-state index contributed by atoms with van der Waals surface area (Å²) in [5.41, 5.74) is -3.96. The fourth-order valence-electron chi connectivity index (χ4n) is 4.56. The molecule has 41 heavy (non-hydrogen) atoms. The van der Waals surface area contributed by atoms with Gasteiger partial charge in [-0.2, -0.15) is 26.3 Å². The molecule has 1 aliphatic rings. The van der Waals surface area contributed by atoms with Gasteiger partial charge in [-0.05, 0) is 69.2 Å². The molecule has 2 aromatic rings. The fraction of sp³-hybridized carbons (Fsp3) is 0.429. The molecule has 2 aromatic carbocycles. The van der Waals surface area contributed by atoms with Gasteiger partial charge < -0.3 is 14.6 Å². The highest BCUT2D eigenvalue weighted by Crippen LogP contribution is 2.41. The number of carbonyl (C=O) groups is 2. The van der Waals surface area contributed by atoms with E-state index < -0.39 is 76.7 Å². The van der Waals surface area contributed by atoms with Crippen molar-refractivity contribution in [2.24, 2.45) is 0 Å². The molecule has 1 N–H and O–H groups in total. The third-order valence-corrected chi connectivity index (χ3v) is 6.30. The minimum Gasteiger partial charge on any atom is -0.465 e. The Kier molecular flexibility index (Phi) is 9.11. The number of amides is 1. The van der Waals surface area contributed by atoms with Gasteiger partial charge in [0.2, 0.25) is 0 Å². The van der Waals surface area contributed by atoms with Gasteiger partial charge in [0.05, 0.1) is 35.9 Å². The third-order valence-electron chi connectivity index (χ3n) is 6.30. The predicted octanol–water partition coefficient (Wildman–Crippen LogP) is 7.35. The van der Waals surface area contributed by atoms with Gasteiger partial charge in [-0.15, -0.1) is 0 Å². The zero-order valence-electron chi connectivity index (χ0n) is 22.4. The molecular formula is C28H28F7NO5. The molecule has 0 spiro atoms. The molecule has 1 amide bonds. The van der Waals surface area contributed by atoms with Crippen LogP contribution in [-0.4, -0.2) is 46.4 Å². The van der Waals surface area contributed by atoms with Crippen molar-refractivity contribution >= 4 is 12.1 Å². The van der Waals surface area contributed by atoms with Crippen LogP contribution >= 0.6 is 0 Å². The first-order valence-electron chi connectivity index (χ1n) is 12.4. The number of alkyl halides is 6. The molecule has 224 valence electrons. The van der Waals surface area contributed by atoms with E-state index in [4.69, 9.17) is 9.47 Å². The van der Waals surface area contributed by atoms with Crippen LogP contribution in [0.4, 0.5) is 35.5 Å². The van der Waals surface area contributed by atoms with Crippen molar-refractivity contribution in [3.63, 3.8) is 0 Å². The Morgan fingerprint density at radius 2 is 1.51 bits per heavy atom. The normalized spacial score (nSPS) is 20.9. The number of likely N-dealkylation sites (tertiary alicyclic amines) is 1. The minimum atomic E-state index is -5.07. The number of esters is 1. The molecule has 6 nitrogen and oxygen atoms in total. The van der Waals surface area contributed by atoms with Gasteiger partial charge in [-0.25, -0.2) is 14.0 Å². The molecule has 4 atom stereocenters. The Balaban J connectivity index is 2.03. The van der Waals surface area contributed by atoms with Crippen LogP contribution in [-0.2, 0) is 26.6 Å². The summed E-state index contributed by atoms with van der Waals surface area (Å²) in [6.07, 6.45) is -11.7. The van der Waals surface area contributed by atoms with E-state index in [9.17, 15) is 45.4 Å². The number of carbonyl (C=O) groups excluding carboxylic acids is 1. The summed E-state index contributed by atoms with van der Waals surface area (Å²) < 4.78 is 105. The second kappa shape index (κ2) is 11.7. The Labute approximate surface area is 231 Å². The zero-order chi connectivity index (χ0) is 30.9. The fourth-order valence-corrected chi connectivity index (χ4v) is 4.56. The van der Waals surface area contributed by atoms with E-state index in [0.29, 0.717) is 17.7 Å². The summed E-state index contributed by atoms with van der Waals surface area (Å²) in [6.45, 7) is 5.77. The second-order valence-electron chi connectivity index (χ2n) is 10.6. The molecular weight excluding hydrogens is 563 g/mol. The number of hydrogen-bond donors (Lipinski definition) is 1. The maximum atomic E-state index is 13.7. The highest BCUT2D eigenvalue weighted by atomic mass is 19.4. The molecule has 0 saturated carbocycles. The van der Waals surface area contributed by atoms with Crippen LogP contribution in [0.2, 0.25) is 0 Å². The lowest BCUT2D eigenvalue weighted by Gasteiger charge is -2.27. The van der Waals surface area contributed by atoms with Crippen molar-refractivity contribution in [3.8, 4) is 0 Å². The zero-order valence-corrected chi connectivity index (χ0v) is 22.4. The average molecular weight is 592 g/mol. The Morgan fingerprint density at radius 3 is 1.98 bits per heavy atom. The van der Waals surface area contributed by atoms with Crippen molar-refractivity contribution in [3.05, 3.63) is 82.7 Å². The van der Waals surface area contributed by atoms with E-state index in [2.05, 4.69) is 0 Å². The monoisotopic (exact) mass is 591 g/mol. The van der Waals surface area contributed by atoms with E-state index in [1.165, 1.54) is 25.1 Å². The quantitative estimate of drug-likeness (QED) is 0.216. The van der Waals surface area contributed by atoms with Gasteiger partial charge in [-0.3, -0.25) is 4.90 Å². The van der Waals surface area contributed by atoms with Gasteiger partial charge in [0.1, 0.15) is 11.4 Å². The largest absolute Gasteiger partial charge is 0.465 e. The number of ether oxygens (including phenoxy) is 2. The van der Waals surface area contributed by atoms with Gasteiger partial charge in [-0.1, -0.05) is 18.2 Å². The molecule has 1 fully saturated rings. The molecule has 1 saturated heterocycles. The first-order valence-corrected chi connectivity index (χ1v) is 12.4. The molecule has 1 heterocycles. The van der Waals surface area contributed by atoms with Crippen molar-refractivity contribution < 1.29 is 54.9 Å². The molecule has 0 unspecified atom stereocenters. The van der Waals surface area contributed by atoms with Crippen LogP contribution in [0.1, 0.15) is 62.0 Å². The van der Waals surface area contributed by atoms with Crippen LogP contribution in [0.15, 0.2) is 54.6 Å². The summed E-state index contributed by atoms with van der Waals surface area (Å²) in [4.78, 5) is 25.4. The second-order valence-corrected chi connectivity index (χ2v) is 10.6. The van der Waals surface area contributed by atoms with Crippen LogP contribution in [0.3, 0.4) is 0 Å². The van der Waals surface area contributed by atoms with Gasteiger partial charge in [0, 0.05) is 12.0 Å².